The van der Waals surface area contributed by atoms with Gasteiger partial charge in [-0.1, -0.05) is 0 Å². The van der Waals surface area contributed by atoms with Crippen molar-refractivity contribution < 1.29 is 4.74 Å². The Morgan fingerprint density at radius 1 is 1.10 bits per heavy atom. The summed E-state index contributed by atoms with van der Waals surface area (Å²) in [5, 5.41) is 0. The highest BCUT2D eigenvalue weighted by Crippen LogP contribution is 2.61. The fraction of sp³-hybridized carbons (Fsp3) is 1.00. The van der Waals surface area contributed by atoms with Gasteiger partial charge in [-0.2, -0.15) is 0 Å². The standard InChI is InChI=1S/C18H33NO/c1-17(2,20-3)5-4-16(19)12-18-9-13-6-14(10-18)8-15(7-13)11-18/h13-16H,4-12,19H2,1-3H3. The van der Waals surface area contributed by atoms with E-state index in [1.165, 1.54) is 44.9 Å². The molecular formula is C18H33NO. The molecular weight excluding hydrogens is 246 g/mol. The molecule has 0 spiro atoms. The summed E-state index contributed by atoms with van der Waals surface area (Å²) in [6.45, 7) is 4.34. The molecule has 2 N–H and O–H groups in total. The zero-order chi connectivity index (χ0) is 14.4. The molecule has 2 heteroatoms. The van der Waals surface area contributed by atoms with Crippen molar-refractivity contribution in [3.8, 4) is 0 Å². The smallest absolute Gasteiger partial charge is 0.0623 e. The van der Waals surface area contributed by atoms with E-state index in [-0.39, 0.29) is 5.60 Å². The Balaban J connectivity index is 1.55. The van der Waals surface area contributed by atoms with Crippen LogP contribution in [0.4, 0.5) is 0 Å². The molecule has 116 valence electrons. The van der Waals surface area contributed by atoms with Gasteiger partial charge in [0.15, 0.2) is 0 Å². The van der Waals surface area contributed by atoms with E-state index in [4.69, 9.17) is 10.5 Å². The first-order chi connectivity index (χ1) is 9.40. The van der Waals surface area contributed by atoms with Gasteiger partial charge in [-0.25, -0.2) is 0 Å². The fourth-order valence-corrected chi connectivity index (χ4v) is 5.83. The number of ether oxygens (including phenoxy) is 1. The van der Waals surface area contributed by atoms with E-state index in [1.807, 2.05) is 7.11 Å². The number of hydrogen-bond donors (Lipinski definition) is 1. The molecule has 2 nitrogen and oxygen atoms in total. The number of hydrogen-bond acceptors (Lipinski definition) is 2. The Morgan fingerprint density at radius 2 is 1.60 bits per heavy atom. The second-order valence-corrected chi connectivity index (χ2v) is 8.88. The van der Waals surface area contributed by atoms with Crippen LogP contribution in [0.25, 0.3) is 0 Å². The number of nitrogens with two attached hydrogens (primary N) is 1. The SMILES string of the molecule is COC(C)(C)CCC(N)CC12CC3CC(CC(C3)C1)C2. The summed E-state index contributed by atoms with van der Waals surface area (Å²) in [4.78, 5) is 0. The van der Waals surface area contributed by atoms with Gasteiger partial charge in [0, 0.05) is 13.2 Å². The normalized spacial score (nSPS) is 41.1. The van der Waals surface area contributed by atoms with Crippen molar-refractivity contribution in [1.29, 1.82) is 0 Å². The quantitative estimate of drug-likeness (QED) is 0.793. The third kappa shape index (κ3) is 3.06. The van der Waals surface area contributed by atoms with E-state index < -0.39 is 0 Å². The molecule has 0 radical (unpaired) electrons. The molecule has 4 rings (SSSR count). The summed E-state index contributed by atoms with van der Waals surface area (Å²) in [7, 11) is 1.81. The van der Waals surface area contributed by atoms with Gasteiger partial charge >= 0.3 is 0 Å². The van der Waals surface area contributed by atoms with Crippen LogP contribution in [0.3, 0.4) is 0 Å². The summed E-state index contributed by atoms with van der Waals surface area (Å²) in [6, 6.07) is 0.376. The van der Waals surface area contributed by atoms with Crippen LogP contribution in [-0.4, -0.2) is 18.8 Å². The monoisotopic (exact) mass is 279 g/mol. The van der Waals surface area contributed by atoms with Gasteiger partial charge in [-0.15, -0.1) is 0 Å². The predicted octanol–water partition coefficient (Wildman–Crippen LogP) is 4.13. The summed E-state index contributed by atoms with van der Waals surface area (Å²) in [5.41, 5.74) is 7.12. The van der Waals surface area contributed by atoms with E-state index >= 15 is 0 Å². The Kier molecular flexibility index (Phi) is 3.92. The number of methoxy groups -OCH3 is 1. The lowest BCUT2D eigenvalue weighted by Crippen LogP contribution is -2.48. The lowest BCUT2D eigenvalue weighted by atomic mass is 9.48. The Morgan fingerprint density at radius 3 is 2.05 bits per heavy atom. The van der Waals surface area contributed by atoms with Crippen LogP contribution in [-0.2, 0) is 4.74 Å². The summed E-state index contributed by atoms with van der Waals surface area (Å²) in [6.07, 6.45) is 12.5. The maximum Gasteiger partial charge on any atom is 0.0623 e. The van der Waals surface area contributed by atoms with Crippen molar-refractivity contribution >= 4 is 0 Å². The minimum Gasteiger partial charge on any atom is -0.379 e. The lowest BCUT2D eigenvalue weighted by Gasteiger charge is -2.57. The first kappa shape index (κ1) is 14.8. The van der Waals surface area contributed by atoms with Crippen molar-refractivity contribution in [1.82, 2.24) is 0 Å². The van der Waals surface area contributed by atoms with Crippen LogP contribution in [0.1, 0.15) is 71.6 Å². The van der Waals surface area contributed by atoms with Gasteiger partial charge in [0.1, 0.15) is 0 Å². The summed E-state index contributed by atoms with van der Waals surface area (Å²) in [5.74, 6) is 3.14. The molecule has 0 heterocycles. The van der Waals surface area contributed by atoms with E-state index in [2.05, 4.69) is 13.8 Å². The van der Waals surface area contributed by atoms with Crippen LogP contribution >= 0.6 is 0 Å². The van der Waals surface area contributed by atoms with Gasteiger partial charge in [-0.05, 0) is 94.8 Å². The highest BCUT2D eigenvalue weighted by Gasteiger charge is 2.50. The molecule has 1 unspecified atom stereocenters. The minimum absolute atomic E-state index is 0.0148. The average molecular weight is 279 g/mol. The van der Waals surface area contributed by atoms with Gasteiger partial charge in [0.25, 0.3) is 0 Å². The molecule has 1 atom stereocenters. The molecule has 20 heavy (non-hydrogen) atoms. The van der Waals surface area contributed by atoms with Crippen molar-refractivity contribution in [2.75, 3.05) is 7.11 Å². The zero-order valence-electron chi connectivity index (χ0n) is 13.7. The van der Waals surface area contributed by atoms with Gasteiger partial charge in [0.2, 0.25) is 0 Å². The molecule has 0 aliphatic heterocycles. The Labute approximate surface area is 124 Å². The molecule has 0 saturated heterocycles. The van der Waals surface area contributed by atoms with E-state index in [1.54, 1.807) is 0 Å². The van der Waals surface area contributed by atoms with Gasteiger partial charge < -0.3 is 10.5 Å². The van der Waals surface area contributed by atoms with E-state index in [0.29, 0.717) is 11.5 Å². The van der Waals surface area contributed by atoms with E-state index in [9.17, 15) is 0 Å². The van der Waals surface area contributed by atoms with E-state index in [0.717, 1.165) is 30.6 Å². The van der Waals surface area contributed by atoms with Crippen LogP contribution in [0.5, 0.6) is 0 Å². The molecule has 0 aromatic rings. The molecule has 4 saturated carbocycles. The highest BCUT2D eigenvalue weighted by atomic mass is 16.5. The Hall–Kier alpha value is -0.0800. The lowest BCUT2D eigenvalue weighted by molar-refractivity contribution is -0.0620. The topological polar surface area (TPSA) is 35.2 Å². The minimum atomic E-state index is -0.0148. The van der Waals surface area contributed by atoms with Crippen LogP contribution in [0.15, 0.2) is 0 Å². The summed E-state index contributed by atoms with van der Waals surface area (Å²) >= 11 is 0. The molecule has 0 amide bonds. The van der Waals surface area contributed by atoms with Crippen molar-refractivity contribution in [2.45, 2.75) is 83.3 Å². The molecule has 4 fully saturated rings. The summed E-state index contributed by atoms with van der Waals surface area (Å²) < 4.78 is 5.53. The van der Waals surface area contributed by atoms with Crippen molar-refractivity contribution in [3.05, 3.63) is 0 Å². The molecule has 4 aliphatic rings. The predicted molar refractivity (Wildman–Crippen MR) is 83.5 cm³/mol. The fourth-order valence-electron chi connectivity index (χ4n) is 5.83. The van der Waals surface area contributed by atoms with Gasteiger partial charge in [0.05, 0.1) is 5.60 Å². The molecule has 4 bridgehead atoms. The number of rotatable bonds is 6. The second kappa shape index (κ2) is 5.28. The van der Waals surface area contributed by atoms with Crippen LogP contribution in [0, 0.1) is 23.2 Å². The third-order valence-corrected chi connectivity index (χ3v) is 6.53. The van der Waals surface area contributed by atoms with Crippen molar-refractivity contribution in [2.24, 2.45) is 28.9 Å². The second-order valence-electron chi connectivity index (χ2n) is 8.88. The maximum absolute atomic E-state index is 6.50. The average Bonchev–Trinajstić information content (AvgIpc) is 2.34. The first-order valence-electron chi connectivity index (χ1n) is 8.70. The molecule has 4 aliphatic carbocycles. The zero-order valence-corrected chi connectivity index (χ0v) is 13.7. The highest BCUT2D eigenvalue weighted by molar-refractivity contribution is 5.02. The van der Waals surface area contributed by atoms with Crippen molar-refractivity contribution in [3.63, 3.8) is 0 Å². The van der Waals surface area contributed by atoms with Gasteiger partial charge in [-0.3, -0.25) is 0 Å². The third-order valence-electron chi connectivity index (χ3n) is 6.53. The maximum atomic E-state index is 6.50. The molecule has 0 aromatic heterocycles. The van der Waals surface area contributed by atoms with Crippen LogP contribution in [0.2, 0.25) is 0 Å². The largest absolute Gasteiger partial charge is 0.379 e. The molecule has 0 aromatic carbocycles. The van der Waals surface area contributed by atoms with Crippen LogP contribution < -0.4 is 5.73 Å². The Bertz CT molecular complexity index is 314. The first-order valence-corrected chi connectivity index (χ1v) is 8.70.